The molecule has 2 heterocycles. The summed E-state index contributed by atoms with van der Waals surface area (Å²) in [5.41, 5.74) is 1.02. The lowest BCUT2D eigenvalue weighted by atomic mass is 9.90. The molecule has 2 aromatic rings. The smallest absolute Gasteiger partial charge is 0.177 e. The van der Waals surface area contributed by atoms with Gasteiger partial charge >= 0.3 is 0 Å². The molecular formula is C16H23N3OS. The second-order valence-corrected chi connectivity index (χ2v) is 6.82. The van der Waals surface area contributed by atoms with E-state index in [2.05, 4.69) is 47.0 Å². The van der Waals surface area contributed by atoms with E-state index in [-0.39, 0.29) is 0 Å². The van der Waals surface area contributed by atoms with Crippen LogP contribution in [-0.4, -0.2) is 36.2 Å². The number of hydrogen-bond donors (Lipinski definition) is 1. The molecule has 1 fully saturated rings. The van der Waals surface area contributed by atoms with Crippen molar-refractivity contribution in [2.24, 2.45) is 0 Å². The first-order valence-corrected chi connectivity index (χ1v) is 8.51. The highest BCUT2D eigenvalue weighted by molar-refractivity contribution is 7.13. The second-order valence-electron chi connectivity index (χ2n) is 5.87. The third-order valence-electron chi connectivity index (χ3n) is 4.46. The van der Waals surface area contributed by atoms with Gasteiger partial charge in [-0.3, -0.25) is 4.90 Å². The molecule has 0 saturated heterocycles. The van der Waals surface area contributed by atoms with Crippen molar-refractivity contribution in [3.8, 4) is 10.6 Å². The molecule has 0 amide bonds. The third-order valence-corrected chi connectivity index (χ3v) is 5.35. The molecular weight excluding hydrogens is 282 g/mol. The van der Waals surface area contributed by atoms with Gasteiger partial charge in [-0.05, 0) is 51.2 Å². The van der Waals surface area contributed by atoms with E-state index in [9.17, 15) is 0 Å². The van der Waals surface area contributed by atoms with Crippen LogP contribution in [0.15, 0.2) is 28.1 Å². The molecule has 1 aliphatic rings. The molecule has 0 spiro atoms. The van der Waals surface area contributed by atoms with Gasteiger partial charge in [0.2, 0.25) is 0 Å². The van der Waals surface area contributed by atoms with E-state index in [1.807, 2.05) is 6.07 Å². The van der Waals surface area contributed by atoms with Gasteiger partial charge in [0.25, 0.3) is 0 Å². The van der Waals surface area contributed by atoms with Crippen LogP contribution in [0.2, 0.25) is 0 Å². The zero-order valence-electron chi connectivity index (χ0n) is 12.7. The molecule has 0 aliphatic heterocycles. The first-order chi connectivity index (χ1) is 10.3. The minimum absolute atomic E-state index is 0.663. The van der Waals surface area contributed by atoms with E-state index in [4.69, 9.17) is 4.52 Å². The number of thiophene rings is 1. The van der Waals surface area contributed by atoms with Gasteiger partial charge in [0.05, 0.1) is 10.6 Å². The van der Waals surface area contributed by atoms with Gasteiger partial charge in [-0.25, -0.2) is 0 Å². The summed E-state index contributed by atoms with van der Waals surface area (Å²) >= 11 is 1.68. The minimum atomic E-state index is 0.663. The molecule has 1 saturated carbocycles. The van der Waals surface area contributed by atoms with Gasteiger partial charge in [0.1, 0.15) is 0 Å². The van der Waals surface area contributed by atoms with Crippen molar-refractivity contribution in [3.05, 3.63) is 29.3 Å². The lowest BCUT2D eigenvalue weighted by Crippen LogP contribution is -2.39. The van der Waals surface area contributed by atoms with E-state index in [1.165, 1.54) is 25.7 Å². The van der Waals surface area contributed by atoms with Crippen LogP contribution in [0.1, 0.15) is 31.4 Å². The van der Waals surface area contributed by atoms with Crippen LogP contribution < -0.4 is 5.32 Å². The van der Waals surface area contributed by atoms with Crippen LogP contribution in [-0.2, 0) is 6.54 Å². The van der Waals surface area contributed by atoms with Crippen molar-refractivity contribution < 1.29 is 4.52 Å². The maximum Gasteiger partial charge on any atom is 0.177 e. The van der Waals surface area contributed by atoms with E-state index in [1.54, 1.807) is 11.3 Å². The topological polar surface area (TPSA) is 41.3 Å². The molecule has 21 heavy (non-hydrogen) atoms. The zero-order chi connectivity index (χ0) is 14.7. The van der Waals surface area contributed by atoms with E-state index >= 15 is 0 Å². The largest absolute Gasteiger partial charge is 0.355 e. The van der Waals surface area contributed by atoms with Crippen molar-refractivity contribution in [2.75, 3.05) is 14.1 Å². The van der Waals surface area contributed by atoms with Crippen molar-refractivity contribution >= 4 is 11.3 Å². The minimum Gasteiger partial charge on any atom is -0.355 e. The normalized spacial score (nSPS) is 22.8. The standard InChI is InChI=1S/C16H23N3OS/c1-17-12-5-7-14(8-6-12)19(2)11-13-10-15(20-18-13)16-4-3-9-21-16/h3-4,9-10,12,14,17H,5-8,11H2,1-2H3. The Morgan fingerprint density at radius 3 is 2.86 bits per heavy atom. The summed E-state index contributed by atoms with van der Waals surface area (Å²) in [6.45, 7) is 0.865. The molecule has 4 nitrogen and oxygen atoms in total. The van der Waals surface area contributed by atoms with Crippen molar-refractivity contribution in [1.29, 1.82) is 0 Å². The SMILES string of the molecule is CNC1CCC(N(C)Cc2cc(-c3cccs3)on2)CC1. The number of hydrogen-bond acceptors (Lipinski definition) is 5. The van der Waals surface area contributed by atoms with Crippen LogP contribution in [0.5, 0.6) is 0 Å². The molecule has 2 aromatic heterocycles. The van der Waals surface area contributed by atoms with E-state index in [0.717, 1.165) is 22.9 Å². The van der Waals surface area contributed by atoms with Gasteiger partial charge in [-0.15, -0.1) is 11.3 Å². The van der Waals surface area contributed by atoms with Crippen LogP contribution in [0.3, 0.4) is 0 Å². The quantitative estimate of drug-likeness (QED) is 0.919. The van der Waals surface area contributed by atoms with Gasteiger partial charge in [0, 0.05) is 24.7 Å². The Labute approximate surface area is 130 Å². The summed E-state index contributed by atoms with van der Waals surface area (Å²) in [4.78, 5) is 3.56. The summed E-state index contributed by atoms with van der Waals surface area (Å²) < 4.78 is 5.46. The van der Waals surface area contributed by atoms with E-state index in [0.29, 0.717) is 12.1 Å². The summed E-state index contributed by atoms with van der Waals surface area (Å²) in [7, 11) is 4.26. The number of nitrogens with one attached hydrogen (secondary N) is 1. The fourth-order valence-corrected chi connectivity index (χ4v) is 3.78. The lowest BCUT2D eigenvalue weighted by Gasteiger charge is -2.34. The highest BCUT2D eigenvalue weighted by Gasteiger charge is 2.23. The highest BCUT2D eigenvalue weighted by atomic mass is 32.1. The highest BCUT2D eigenvalue weighted by Crippen LogP contribution is 2.27. The molecule has 5 heteroatoms. The van der Waals surface area contributed by atoms with Crippen LogP contribution in [0, 0.1) is 0 Å². The molecule has 0 unspecified atom stereocenters. The van der Waals surface area contributed by atoms with Crippen molar-refractivity contribution in [1.82, 2.24) is 15.4 Å². The van der Waals surface area contributed by atoms with Crippen molar-refractivity contribution in [3.63, 3.8) is 0 Å². The molecule has 114 valence electrons. The Kier molecular flexibility index (Phi) is 4.73. The summed E-state index contributed by atoms with van der Waals surface area (Å²) in [6, 6.07) is 7.54. The van der Waals surface area contributed by atoms with Gasteiger partial charge in [-0.1, -0.05) is 11.2 Å². The summed E-state index contributed by atoms with van der Waals surface area (Å²) in [6.07, 6.45) is 5.06. The molecule has 1 aliphatic carbocycles. The molecule has 0 bridgehead atoms. The van der Waals surface area contributed by atoms with Crippen LogP contribution in [0.25, 0.3) is 10.6 Å². The Morgan fingerprint density at radius 1 is 1.38 bits per heavy atom. The Bertz CT molecular complexity index is 544. The first kappa shape index (κ1) is 14.8. The molecule has 0 aromatic carbocycles. The lowest BCUT2D eigenvalue weighted by molar-refractivity contribution is 0.166. The van der Waals surface area contributed by atoms with Crippen molar-refractivity contribution in [2.45, 2.75) is 44.3 Å². The molecule has 3 rings (SSSR count). The maximum absolute atomic E-state index is 5.46. The van der Waals surface area contributed by atoms with Crippen LogP contribution >= 0.6 is 11.3 Å². The Balaban J connectivity index is 1.57. The number of nitrogens with zero attached hydrogens (tertiary/aromatic N) is 2. The Morgan fingerprint density at radius 2 is 2.19 bits per heavy atom. The average molecular weight is 305 g/mol. The maximum atomic E-state index is 5.46. The van der Waals surface area contributed by atoms with Crippen LogP contribution in [0.4, 0.5) is 0 Å². The van der Waals surface area contributed by atoms with Gasteiger partial charge in [-0.2, -0.15) is 0 Å². The average Bonchev–Trinajstić information content (AvgIpc) is 3.18. The number of aromatic nitrogens is 1. The summed E-state index contributed by atoms with van der Waals surface area (Å²) in [5, 5.41) is 9.66. The number of rotatable bonds is 5. The van der Waals surface area contributed by atoms with Gasteiger partial charge < -0.3 is 9.84 Å². The first-order valence-electron chi connectivity index (χ1n) is 7.63. The van der Waals surface area contributed by atoms with E-state index < -0.39 is 0 Å². The monoisotopic (exact) mass is 305 g/mol. The zero-order valence-corrected chi connectivity index (χ0v) is 13.5. The third kappa shape index (κ3) is 3.54. The molecule has 0 atom stereocenters. The fourth-order valence-electron chi connectivity index (χ4n) is 3.11. The second kappa shape index (κ2) is 6.73. The predicted molar refractivity (Wildman–Crippen MR) is 86.4 cm³/mol. The molecule has 0 radical (unpaired) electrons. The predicted octanol–water partition coefficient (Wildman–Crippen LogP) is 3.37. The Hall–Kier alpha value is -1.17. The van der Waals surface area contributed by atoms with Gasteiger partial charge in [0.15, 0.2) is 5.76 Å². The molecule has 1 N–H and O–H groups in total. The summed E-state index contributed by atoms with van der Waals surface area (Å²) in [5.74, 6) is 0.882. The fraction of sp³-hybridized carbons (Fsp3) is 0.562.